The molecule has 0 saturated heterocycles. The molecule has 1 N–H and O–H groups in total. The van der Waals surface area contributed by atoms with Crippen LogP contribution in [0.4, 0.5) is 11.4 Å². The molecular formula is C19H18N2O5. The van der Waals surface area contributed by atoms with Gasteiger partial charge in [0.2, 0.25) is 0 Å². The van der Waals surface area contributed by atoms with E-state index < -0.39 is 23.4 Å². The molecule has 0 aromatic heterocycles. The Balaban J connectivity index is 1.82. The third-order valence-corrected chi connectivity index (χ3v) is 3.48. The Bertz CT molecular complexity index is 828. The van der Waals surface area contributed by atoms with E-state index >= 15 is 0 Å². The van der Waals surface area contributed by atoms with E-state index in [1.54, 1.807) is 18.2 Å². The summed E-state index contributed by atoms with van der Waals surface area (Å²) < 4.78 is 4.85. The van der Waals surface area contributed by atoms with E-state index in [1.165, 1.54) is 24.3 Å². The van der Waals surface area contributed by atoms with Gasteiger partial charge in [0.05, 0.1) is 4.92 Å². The number of hydrogen-bond acceptors (Lipinski definition) is 5. The number of rotatable bonds is 7. The highest BCUT2D eigenvalue weighted by Gasteiger charge is 2.07. The van der Waals surface area contributed by atoms with Gasteiger partial charge in [-0.3, -0.25) is 14.9 Å². The lowest BCUT2D eigenvalue weighted by Gasteiger charge is -2.06. The van der Waals surface area contributed by atoms with Crippen LogP contribution in [0, 0.1) is 10.1 Å². The minimum absolute atomic E-state index is 0.0750. The fourth-order valence-electron chi connectivity index (χ4n) is 2.11. The Morgan fingerprint density at radius 3 is 2.58 bits per heavy atom. The van der Waals surface area contributed by atoms with Crippen molar-refractivity contribution in [3.63, 3.8) is 0 Å². The minimum atomic E-state index is -0.715. The van der Waals surface area contributed by atoms with E-state index in [1.807, 2.05) is 19.1 Å². The molecule has 2 aromatic carbocycles. The van der Waals surface area contributed by atoms with Crippen LogP contribution in [0.2, 0.25) is 0 Å². The summed E-state index contributed by atoms with van der Waals surface area (Å²) in [6.07, 6.45) is 3.40. The lowest BCUT2D eigenvalue weighted by molar-refractivity contribution is -0.384. The SMILES string of the molecule is CCc1ccc(NC(=O)COC(=O)C=Cc2cccc([N+](=O)[O-])c2)cc1. The molecule has 7 heteroatoms. The number of nitro groups is 1. The number of hydrogen-bond donors (Lipinski definition) is 1. The monoisotopic (exact) mass is 354 g/mol. The van der Waals surface area contributed by atoms with Gasteiger partial charge in [-0.25, -0.2) is 4.79 Å². The Kier molecular flexibility index (Phi) is 6.61. The highest BCUT2D eigenvalue weighted by molar-refractivity contribution is 5.94. The summed E-state index contributed by atoms with van der Waals surface area (Å²) in [6.45, 7) is 1.61. The summed E-state index contributed by atoms with van der Waals surface area (Å²) in [5.41, 5.74) is 2.18. The molecule has 1 amide bonds. The topological polar surface area (TPSA) is 98.5 Å². The fourth-order valence-corrected chi connectivity index (χ4v) is 2.11. The molecular weight excluding hydrogens is 336 g/mol. The molecule has 0 fully saturated rings. The second kappa shape index (κ2) is 9.12. The minimum Gasteiger partial charge on any atom is -0.452 e. The number of carbonyl (C=O) groups is 2. The summed E-state index contributed by atoms with van der Waals surface area (Å²) >= 11 is 0. The highest BCUT2D eigenvalue weighted by atomic mass is 16.6. The molecule has 0 bridgehead atoms. The molecule has 0 aliphatic heterocycles. The lowest BCUT2D eigenvalue weighted by atomic mass is 10.1. The Labute approximate surface area is 150 Å². The van der Waals surface area contributed by atoms with Crippen LogP contribution in [0.1, 0.15) is 18.1 Å². The van der Waals surface area contributed by atoms with Crippen LogP contribution in [-0.4, -0.2) is 23.4 Å². The molecule has 2 rings (SSSR count). The molecule has 0 aliphatic carbocycles. The van der Waals surface area contributed by atoms with Crippen LogP contribution in [0.15, 0.2) is 54.6 Å². The Morgan fingerprint density at radius 2 is 1.92 bits per heavy atom. The summed E-state index contributed by atoms with van der Waals surface area (Å²) in [4.78, 5) is 33.6. The van der Waals surface area contributed by atoms with E-state index in [9.17, 15) is 19.7 Å². The van der Waals surface area contributed by atoms with Crippen LogP contribution < -0.4 is 5.32 Å². The molecule has 0 aliphatic rings. The van der Waals surface area contributed by atoms with Crippen LogP contribution >= 0.6 is 0 Å². The first-order valence-electron chi connectivity index (χ1n) is 7.96. The molecule has 0 atom stereocenters. The number of esters is 1. The zero-order valence-corrected chi connectivity index (χ0v) is 14.2. The van der Waals surface area contributed by atoms with Gasteiger partial charge in [0.15, 0.2) is 6.61 Å². The standard InChI is InChI=1S/C19H18N2O5/c1-2-14-6-9-16(10-7-14)20-18(22)13-26-19(23)11-8-15-4-3-5-17(12-15)21(24)25/h3-12H,2,13H2,1H3,(H,20,22). The maximum Gasteiger partial charge on any atom is 0.331 e. The number of aryl methyl sites for hydroxylation is 1. The van der Waals surface area contributed by atoms with Gasteiger partial charge < -0.3 is 10.1 Å². The molecule has 0 spiro atoms. The first-order valence-corrected chi connectivity index (χ1v) is 7.96. The number of anilines is 1. The molecule has 0 unspecified atom stereocenters. The van der Waals surface area contributed by atoms with Crippen LogP contribution in [0.5, 0.6) is 0 Å². The average molecular weight is 354 g/mol. The Hall–Kier alpha value is -3.48. The smallest absolute Gasteiger partial charge is 0.331 e. The van der Waals surface area contributed by atoms with E-state index in [0.717, 1.165) is 18.1 Å². The van der Waals surface area contributed by atoms with E-state index in [-0.39, 0.29) is 5.69 Å². The van der Waals surface area contributed by atoms with Gasteiger partial charge >= 0.3 is 5.97 Å². The Morgan fingerprint density at radius 1 is 1.19 bits per heavy atom. The average Bonchev–Trinajstić information content (AvgIpc) is 2.65. The van der Waals surface area contributed by atoms with Gasteiger partial charge in [0.25, 0.3) is 11.6 Å². The van der Waals surface area contributed by atoms with Crippen molar-refractivity contribution in [2.24, 2.45) is 0 Å². The fraction of sp³-hybridized carbons (Fsp3) is 0.158. The van der Waals surface area contributed by atoms with Crippen molar-refractivity contribution in [2.45, 2.75) is 13.3 Å². The molecule has 0 radical (unpaired) electrons. The van der Waals surface area contributed by atoms with Gasteiger partial charge in [0, 0.05) is 23.9 Å². The number of non-ortho nitro benzene ring substituents is 1. The maximum atomic E-state index is 11.8. The molecule has 0 saturated carbocycles. The van der Waals surface area contributed by atoms with E-state index in [2.05, 4.69) is 5.32 Å². The molecule has 2 aromatic rings. The first-order chi connectivity index (χ1) is 12.5. The first kappa shape index (κ1) is 18.9. The van der Waals surface area contributed by atoms with Crippen molar-refractivity contribution in [3.05, 3.63) is 75.8 Å². The van der Waals surface area contributed by atoms with Crippen molar-refractivity contribution in [2.75, 3.05) is 11.9 Å². The number of nitrogens with zero attached hydrogens (tertiary/aromatic N) is 1. The number of benzene rings is 2. The second-order valence-electron chi connectivity index (χ2n) is 5.39. The van der Waals surface area contributed by atoms with Crippen molar-refractivity contribution in [1.29, 1.82) is 0 Å². The van der Waals surface area contributed by atoms with Crippen LogP contribution in [0.3, 0.4) is 0 Å². The number of nitrogens with one attached hydrogen (secondary N) is 1. The predicted octanol–water partition coefficient (Wildman–Crippen LogP) is 3.35. The predicted molar refractivity (Wildman–Crippen MR) is 97.5 cm³/mol. The zero-order chi connectivity index (χ0) is 18.9. The van der Waals surface area contributed by atoms with Gasteiger partial charge in [0.1, 0.15) is 0 Å². The molecule has 7 nitrogen and oxygen atoms in total. The number of amides is 1. The van der Waals surface area contributed by atoms with Gasteiger partial charge in [-0.2, -0.15) is 0 Å². The lowest BCUT2D eigenvalue weighted by Crippen LogP contribution is -2.20. The second-order valence-corrected chi connectivity index (χ2v) is 5.39. The van der Waals surface area contributed by atoms with Crippen molar-refractivity contribution >= 4 is 29.3 Å². The van der Waals surface area contributed by atoms with Crippen molar-refractivity contribution in [3.8, 4) is 0 Å². The molecule has 134 valence electrons. The molecule has 0 heterocycles. The van der Waals surface area contributed by atoms with Gasteiger partial charge in [-0.05, 0) is 35.8 Å². The van der Waals surface area contributed by atoms with Crippen molar-refractivity contribution < 1.29 is 19.2 Å². The quantitative estimate of drug-likeness (QED) is 0.356. The number of ether oxygens (including phenoxy) is 1. The third kappa shape index (κ3) is 5.86. The summed E-state index contributed by atoms with van der Waals surface area (Å²) in [6, 6.07) is 13.2. The van der Waals surface area contributed by atoms with Gasteiger partial charge in [-0.1, -0.05) is 31.2 Å². The largest absolute Gasteiger partial charge is 0.452 e. The van der Waals surface area contributed by atoms with Crippen molar-refractivity contribution in [1.82, 2.24) is 0 Å². The molecule has 26 heavy (non-hydrogen) atoms. The zero-order valence-electron chi connectivity index (χ0n) is 14.2. The summed E-state index contributed by atoms with van der Waals surface area (Å²) in [7, 11) is 0. The number of nitro benzene ring substituents is 1. The number of carbonyl (C=O) groups excluding carboxylic acids is 2. The normalized spacial score (nSPS) is 10.5. The van der Waals surface area contributed by atoms with E-state index in [4.69, 9.17) is 4.74 Å². The summed E-state index contributed by atoms with van der Waals surface area (Å²) in [5.74, 6) is -1.17. The van der Waals surface area contributed by atoms with Gasteiger partial charge in [-0.15, -0.1) is 0 Å². The van der Waals surface area contributed by atoms with Crippen LogP contribution in [-0.2, 0) is 20.7 Å². The summed E-state index contributed by atoms with van der Waals surface area (Å²) in [5, 5.41) is 13.3. The highest BCUT2D eigenvalue weighted by Crippen LogP contribution is 2.14. The maximum absolute atomic E-state index is 11.8. The van der Waals surface area contributed by atoms with E-state index in [0.29, 0.717) is 11.3 Å². The van der Waals surface area contributed by atoms with Crippen LogP contribution in [0.25, 0.3) is 6.08 Å². The third-order valence-electron chi connectivity index (χ3n) is 3.48.